The molecular formula is C16H11Cl2N3O2. The zero-order valence-electron chi connectivity index (χ0n) is 11.8. The summed E-state index contributed by atoms with van der Waals surface area (Å²) in [7, 11) is 0. The molecule has 0 amide bonds. The number of benzene rings is 2. The van der Waals surface area contributed by atoms with Crippen LogP contribution in [-0.4, -0.2) is 15.9 Å². The number of rotatable bonds is 3. The molecule has 3 rings (SSSR count). The number of nitrogens with two attached hydrogens (primary N) is 1. The molecule has 0 saturated heterocycles. The number of para-hydroxylation sites is 1. The van der Waals surface area contributed by atoms with E-state index in [0.29, 0.717) is 17.2 Å². The Morgan fingerprint density at radius 2 is 1.87 bits per heavy atom. The molecule has 0 fully saturated rings. The van der Waals surface area contributed by atoms with Gasteiger partial charge >= 0.3 is 5.97 Å². The van der Waals surface area contributed by atoms with Crippen LogP contribution in [0.2, 0.25) is 10.0 Å². The molecule has 0 radical (unpaired) electrons. The first-order valence-electron chi connectivity index (χ1n) is 6.68. The second kappa shape index (κ2) is 6.40. The van der Waals surface area contributed by atoms with Crippen LogP contribution in [0.5, 0.6) is 0 Å². The van der Waals surface area contributed by atoms with Crippen molar-refractivity contribution in [3.05, 3.63) is 63.9 Å². The predicted molar refractivity (Wildman–Crippen MR) is 89.5 cm³/mol. The molecule has 116 valence electrons. The molecule has 0 atom stereocenters. The molecule has 0 spiro atoms. The molecule has 3 aromatic rings. The number of hydrogen-bond acceptors (Lipinski definition) is 5. The molecule has 1 aromatic heterocycles. The highest BCUT2D eigenvalue weighted by molar-refractivity contribution is 6.43. The van der Waals surface area contributed by atoms with Gasteiger partial charge in [-0.05, 0) is 24.3 Å². The number of carbonyl (C=O) groups excluding carboxylic acids is 1. The van der Waals surface area contributed by atoms with Crippen LogP contribution in [0.25, 0.3) is 10.9 Å². The summed E-state index contributed by atoms with van der Waals surface area (Å²) in [5.41, 5.74) is 6.76. The van der Waals surface area contributed by atoms with E-state index in [1.54, 1.807) is 12.1 Å². The minimum atomic E-state index is -0.604. The largest absolute Gasteiger partial charge is 0.454 e. The van der Waals surface area contributed by atoms with E-state index in [0.717, 1.165) is 5.39 Å². The molecular weight excluding hydrogens is 337 g/mol. The number of esters is 1. The number of hydrogen-bond donors (Lipinski definition) is 1. The number of ether oxygens (including phenoxy) is 1. The number of nitrogens with zero attached hydrogens (tertiary/aromatic N) is 2. The van der Waals surface area contributed by atoms with Crippen molar-refractivity contribution in [1.82, 2.24) is 9.97 Å². The zero-order chi connectivity index (χ0) is 16.4. The maximum atomic E-state index is 12.1. The summed E-state index contributed by atoms with van der Waals surface area (Å²) >= 11 is 11.9. The molecule has 0 aliphatic carbocycles. The van der Waals surface area contributed by atoms with E-state index in [2.05, 4.69) is 9.97 Å². The van der Waals surface area contributed by atoms with E-state index >= 15 is 0 Å². The fourth-order valence-electron chi connectivity index (χ4n) is 2.08. The summed E-state index contributed by atoms with van der Waals surface area (Å²) in [6.07, 6.45) is 0. The van der Waals surface area contributed by atoms with Gasteiger partial charge in [0.05, 0.1) is 21.1 Å². The van der Waals surface area contributed by atoms with Gasteiger partial charge in [-0.1, -0.05) is 41.4 Å². The average molecular weight is 348 g/mol. The lowest BCUT2D eigenvalue weighted by Gasteiger charge is -2.08. The maximum absolute atomic E-state index is 12.1. The lowest BCUT2D eigenvalue weighted by molar-refractivity contribution is 0.0463. The van der Waals surface area contributed by atoms with Crippen molar-refractivity contribution < 1.29 is 9.53 Å². The van der Waals surface area contributed by atoms with Crippen molar-refractivity contribution in [2.24, 2.45) is 0 Å². The molecule has 2 N–H and O–H groups in total. The van der Waals surface area contributed by atoms with Crippen LogP contribution in [0.4, 0.5) is 5.82 Å². The Hall–Kier alpha value is -2.37. The first-order chi connectivity index (χ1) is 11.1. The molecule has 0 bridgehead atoms. The summed E-state index contributed by atoms with van der Waals surface area (Å²) in [5, 5.41) is 1.19. The third-order valence-electron chi connectivity index (χ3n) is 3.18. The maximum Gasteiger partial charge on any atom is 0.340 e. The van der Waals surface area contributed by atoms with Crippen LogP contribution in [-0.2, 0) is 11.3 Å². The number of aromatic nitrogens is 2. The van der Waals surface area contributed by atoms with E-state index in [-0.39, 0.29) is 22.2 Å². The molecule has 0 saturated carbocycles. The van der Waals surface area contributed by atoms with E-state index in [1.165, 1.54) is 6.07 Å². The Kier molecular flexibility index (Phi) is 4.32. The Bertz CT molecular complexity index is 900. The molecule has 2 aromatic carbocycles. The van der Waals surface area contributed by atoms with Crippen molar-refractivity contribution >= 4 is 45.9 Å². The molecule has 0 aliphatic rings. The van der Waals surface area contributed by atoms with Gasteiger partial charge in [0.2, 0.25) is 0 Å². The van der Waals surface area contributed by atoms with Crippen molar-refractivity contribution in [2.75, 3.05) is 5.73 Å². The molecule has 23 heavy (non-hydrogen) atoms. The quantitative estimate of drug-likeness (QED) is 0.727. The van der Waals surface area contributed by atoms with Gasteiger partial charge in [-0.15, -0.1) is 0 Å². The molecule has 7 heteroatoms. The van der Waals surface area contributed by atoms with Crippen LogP contribution in [0.3, 0.4) is 0 Å². The first kappa shape index (κ1) is 15.5. The summed E-state index contributed by atoms with van der Waals surface area (Å²) < 4.78 is 5.19. The Morgan fingerprint density at radius 3 is 2.70 bits per heavy atom. The van der Waals surface area contributed by atoms with Gasteiger partial charge in [0.1, 0.15) is 5.82 Å². The molecule has 1 heterocycles. The van der Waals surface area contributed by atoms with E-state index in [1.807, 2.05) is 24.3 Å². The topological polar surface area (TPSA) is 78.1 Å². The lowest BCUT2D eigenvalue weighted by Crippen LogP contribution is -2.09. The standard InChI is InChI=1S/C16H11Cl2N3O2/c17-11-6-3-5-10(14(11)18)16(22)23-8-13-20-12-7-2-1-4-9(12)15(19)21-13/h1-7H,8H2,(H2,19,20,21). The number of anilines is 1. The van der Waals surface area contributed by atoms with Crippen LogP contribution in [0.15, 0.2) is 42.5 Å². The number of halogens is 2. The fourth-order valence-corrected chi connectivity index (χ4v) is 2.46. The number of carbonyl (C=O) groups is 1. The van der Waals surface area contributed by atoms with Crippen molar-refractivity contribution in [3.63, 3.8) is 0 Å². The molecule has 5 nitrogen and oxygen atoms in total. The van der Waals surface area contributed by atoms with Crippen molar-refractivity contribution in [3.8, 4) is 0 Å². The highest BCUT2D eigenvalue weighted by Crippen LogP contribution is 2.26. The average Bonchev–Trinajstić information content (AvgIpc) is 2.55. The van der Waals surface area contributed by atoms with Crippen LogP contribution < -0.4 is 5.73 Å². The highest BCUT2D eigenvalue weighted by Gasteiger charge is 2.15. The molecule has 0 aliphatic heterocycles. The predicted octanol–water partition coefficient (Wildman–Crippen LogP) is 3.88. The third kappa shape index (κ3) is 3.21. The fraction of sp³-hybridized carbons (Fsp3) is 0.0625. The van der Waals surface area contributed by atoms with Crippen LogP contribution in [0.1, 0.15) is 16.2 Å². The van der Waals surface area contributed by atoms with Gasteiger partial charge in [0, 0.05) is 5.39 Å². The summed E-state index contributed by atoms with van der Waals surface area (Å²) in [6.45, 7) is -0.114. The summed E-state index contributed by atoms with van der Waals surface area (Å²) in [4.78, 5) is 20.5. The highest BCUT2D eigenvalue weighted by atomic mass is 35.5. The Morgan fingerprint density at radius 1 is 1.09 bits per heavy atom. The van der Waals surface area contributed by atoms with Gasteiger partial charge in [-0.2, -0.15) is 0 Å². The lowest BCUT2D eigenvalue weighted by atomic mass is 10.2. The zero-order valence-corrected chi connectivity index (χ0v) is 13.3. The van der Waals surface area contributed by atoms with Gasteiger partial charge < -0.3 is 10.5 Å². The normalized spacial score (nSPS) is 10.7. The van der Waals surface area contributed by atoms with Gasteiger partial charge in [-0.25, -0.2) is 14.8 Å². The second-order valence-electron chi connectivity index (χ2n) is 4.72. The third-order valence-corrected chi connectivity index (χ3v) is 4.00. The Labute approximate surface area is 142 Å². The van der Waals surface area contributed by atoms with Crippen molar-refractivity contribution in [2.45, 2.75) is 6.61 Å². The van der Waals surface area contributed by atoms with Gasteiger partial charge in [0.25, 0.3) is 0 Å². The minimum Gasteiger partial charge on any atom is -0.454 e. The Balaban J connectivity index is 1.80. The second-order valence-corrected chi connectivity index (χ2v) is 5.50. The SMILES string of the molecule is Nc1nc(COC(=O)c2cccc(Cl)c2Cl)nc2ccccc12. The summed E-state index contributed by atoms with van der Waals surface area (Å²) in [5.74, 6) is 0.0444. The van der Waals surface area contributed by atoms with Crippen molar-refractivity contribution in [1.29, 1.82) is 0 Å². The first-order valence-corrected chi connectivity index (χ1v) is 7.44. The van der Waals surface area contributed by atoms with Crippen LogP contribution >= 0.6 is 23.2 Å². The number of nitrogen functional groups attached to an aromatic ring is 1. The monoisotopic (exact) mass is 347 g/mol. The van der Waals surface area contributed by atoms with E-state index < -0.39 is 5.97 Å². The van der Waals surface area contributed by atoms with Gasteiger partial charge in [-0.3, -0.25) is 0 Å². The van der Waals surface area contributed by atoms with Crippen LogP contribution in [0, 0.1) is 0 Å². The number of fused-ring (bicyclic) bond motifs is 1. The smallest absolute Gasteiger partial charge is 0.340 e. The van der Waals surface area contributed by atoms with Gasteiger partial charge in [0.15, 0.2) is 12.4 Å². The van der Waals surface area contributed by atoms with E-state index in [4.69, 9.17) is 33.7 Å². The minimum absolute atomic E-state index is 0.114. The summed E-state index contributed by atoms with van der Waals surface area (Å²) in [6, 6.07) is 12.1. The van der Waals surface area contributed by atoms with E-state index in [9.17, 15) is 4.79 Å². The molecule has 0 unspecified atom stereocenters.